The van der Waals surface area contributed by atoms with Gasteiger partial charge in [0.2, 0.25) is 0 Å². The van der Waals surface area contributed by atoms with Gasteiger partial charge in [0.05, 0.1) is 10.6 Å². The SMILES string of the molecule is Cc1ccc(S(=O)(=O)CC=CCOc2ccc(C(=O)O)c(O)c2)cc1. The molecule has 0 atom stereocenters. The fourth-order valence-corrected chi connectivity index (χ4v) is 3.16. The minimum absolute atomic E-state index is 0.0925. The Labute approximate surface area is 145 Å². The first-order valence-corrected chi connectivity index (χ1v) is 9.08. The predicted octanol–water partition coefficient (Wildman–Crippen LogP) is 2.81. The lowest BCUT2D eigenvalue weighted by Gasteiger charge is -2.05. The van der Waals surface area contributed by atoms with Crippen molar-refractivity contribution in [3.05, 3.63) is 65.7 Å². The van der Waals surface area contributed by atoms with Crippen LogP contribution >= 0.6 is 0 Å². The van der Waals surface area contributed by atoms with Gasteiger partial charge in [-0.1, -0.05) is 29.8 Å². The molecule has 2 aromatic carbocycles. The molecule has 2 rings (SSSR count). The summed E-state index contributed by atoms with van der Waals surface area (Å²) in [7, 11) is -3.39. The molecule has 7 heteroatoms. The zero-order chi connectivity index (χ0) is 18.4. The molecule has 0 saturated carbocycles. The molecule has 0 saturated heterocycles. The number of hydrogen-bond acceptors (Lipinski definition) is 5. The molecule has 25 heavy (non-hydrogen) atoms. The van der Waals surface area contributed by atoms with Crippen LogP contribution in [0.5, 0.6) is 11.5 Å². The molecule has 0 amide bonds. The summed E-state index contributed by atoms with van der Waals surface area (Å²) >= 11 is 0. The van der Waals surface area contributed by atoms with E-state index in [2.05, 4.69) is 0 Å². The predicted molar refractivity (Wildman–Crippen MR) is 92.9 cm³/mol. The van der Waals surface area contributed by atoms with Crippen LogP contribution in [0.25, 0.3) is 0 Å². The van der Waals surface area contributed by atoms with E-state index >= 15 is 0 Å². The Kier molecular flexibility index (Phi) is 5.82. The van der Waals surface area contributed by atoms with Gasteiger partial charge in [-0.05, 0) is 31.2 Å². The Morgan fingerprint density at radius 2 is 1.80 bits per heavy atom. The quantitative estimate of drug-likeness (QED) is 0.735. The molecule has 132 valence electrons. The average Bonchev–Trinajstić information content (AvgIpc) is 2.54. The van der Waals surface area contributed by atoms with E-state index in [1.165, 1.54) is 24.3 Å². The average molecular weight is 362 g/mol. The number of aromatic carboxylic acids is 1. The molecule has 2 aromatic rings. The van der Waals surface area contributed by atoms with Crippen molar-refractivity contribution < 1.29 is 28.2 Å². The number of rotatable bonds is 7. The monoisotopic (exact) mass is 362 g/mol. The van der Waals surface area contributed by atoms with E-state index in [0.717, 1.165) is 5.56 Å². The number of carboxylic acid groups (broad SMARTS) is 1. The van der Waals surface area contributed by atoms with Gasteiger partial charge in [0.25, 0.3) is 0 Å². The zero-order valence-electron chi connectivity index (χ0n) is 13.5. The standard InChI is InChI=1S/C18H18O6S/c1-13-4-7-15(8-5-13)25(22,23)11-3-2-10-24-14-6-9-16(18(20)21)17(19)12-14/h2-9,12,19H,10-11H2,1H3,(H,20,21). The minimum Gasteiger partial charge on any atom is -0.507 e. The smallest absolute Gasteiger partial charge is 0.339 e. The Morgan fingerprint density at radius 3 is 2.40 bits per heavy atom. The molecule has 0 radical (unpaired) electrons. The van der Waals surface area contributed by atoms with Crippen LogP contribution in [0, 0.1) is 6.92 Å². The number of carbonyl (C=O) groups is 1. The normalized spacial score (nSPS) is 11.6. The Morgan fingerprint density at radius 1 is 1.12 bits per heavy atom. The summed E-state index contributed by atoms with van der Waals surface area (Å²) < 4.78 is 29.6. The van der Waals surface area contributed by atoms with E-state index in [-0.39, 0.29) is 28.6 Å². The molecule has 2 N–H and O–H groups in total. The molecule has 0 fully saturated rings. The molecule has 0 aromatic heterocycles. The first kappa shape index (κ1) is 18.5. The van der Waals surface area contributed by atoms with Crippen molar-refractivity contribution in [3.63, 3.8) is 0 Å². The van der Waals surface area contributed by atoms with Gasteiger partial charge >= 0.3 is 5.97 Å². The highest BCUT2D eigenvalue weighted by atomic mass is 32.2. The zero-order valence-corrected chi connectivity index (χ0v) is 14.4. The van der Waals surface area contributed by atoms with Gasteiger partial charge in [-0.2, -0.15) is 0 Å². The van der Waals surface area contributed by atoms with E-state index in [0.29, 0.717) is 0 Å². The number of ether oxygens (including phenoxy) is 1. The van der Waals surface area contributed by atoms with Gasteiger partial charge in [-0.3, -0.25) is 0 Å². The second-order valence-electron chi connectivity index (χ2n) is 5.36. The number of aromatic hydroxyl groups is 1. The highest BCUT2D eigenvalue weighted by molar-refractivity contribution is 7.91. The van der Waals surface area contributed by atoms with E-state index in [1.807, 2.05) is 6.92 Å². The molecular weight excluding hydrogens is 344 g/mol. The van der Waals surface area contributed by atoms with Gasteiger partial charge in [0, 0.05) is 6.07 Å². The van der Waals surface area contributed by atoms with Crippen molar-refractivity contribution in [2.45, 2.75) is 11.8 Å². The van der Waals surface area contributed by atoms with Crippen molar-refractivity contribution in [2.24, 2.45) is 0 Å². The van der Waals surface area contributed by atoms with Crippen molar-refractivity contribution in [3.8, 4) is 11.5 Å². The van der Waals surface area contributed by atoms with Crippen LogP contribution in [-0.4, -0.2) is 37.0 Å². The Balaban J connectivity index is 1.90. The second-order valence-corrected chi connectivity index (χ2v) is 7.40. The fourth-order valence-electron chi connectivity index (χ4n) is 2.03. The van der Waals surface area contributed by atoms with Crippen LogP contribution in [-0.2, 0) is 9.84 Å². The summed E-state index contributed by atoms with van der Waals surface area (Å²) in [6.07, 6.45) is 3.04. The van der Waals surface area contributed by atoms with Gasteiger partial charge < -0.3 is 14.9 Å². The molecule has 0 unspecified atom stereocenters. The maximum atomic E-state index is 12.1. The minimum atomic E-state index is -3.39. The maximum Gasteiger partial charge on any atom is 0.339 e. The van der Waals surface area contributed by atoms with Gasteiger partial charge in [-0.25, -0.2) is 13.2 Å². The van der Waals surface area contributed by atoms with Crippen LogP contribution in [0.15, 0.2) is 59.5 Å². The van der Waals surface area contributed by atoms with Crippen LogP contribution in [0.4, 0.5) is 0 Å². The molecule has 0 aliphatic carbocycles. The highest BCUT2D eigenvalue weighted by Gasteiger charge is 2.12. The number of benzene rings is 2. The lowest BCUT2D eigenvalue weighted by molar-refractivity contribution is 0.0693. The van der Waals surface area contributed by atoms with Crippen LogP contribution < -0.4 is 4.74 Å². The summed E-state index contributed by atoms with van der Waals surface area (Å²) in [5, 5.41) is 18.4. The molecule has 6 nitrogen and oxygen atoms in total. The van der Waals surface area contributed by atoms with Crippen molar-refractivity contribution >= 4 is 15.8 Å². The number of sulfone groups is 1. The lowest BCUT2D eigenvalue weighted by Crippen LogP contribution is -2.05. The number of aryl methyl sites for hydroxylation is 1. The first-order chi connectivity index (χ1) is 11.8. The molecule has 0 aliphatic rings. The van der Waals surface area contributed by atoms with Crippen LogP contribution in [0.2, 0.25) is 0 Å². The fraction of sp³-hybridized carbons (Fsp3) is 0.167. The van der Waals surface area contributed by atoms with E-state index in [1.54, 1.807) is 30.3 Å². The third-order valence-corrected chi connectivity index (χ3v) is 5.03. The number of phenols is 1. The van der Waals surface area contributed by atoms with Crippen molar-refractivity contribution in [1.29, 1.82) is 0 Å². The topological polar surface area (TPSA) is 101 Å². The largest absolute Gasteiger partial charge is 0.507 e. The first-order valence-electron chi connectivity index (χ1n) is 7.43. The molecule has 0 bridgehead atoms. The van der Waals surface area contributed by atoms with Crippen molar-refractivity contribution in [1.82, 2.24) is 0 Å². The third-order valence-electron chi connectivity index (χ3n) is 3.41. The lowest BCUT2D eigenvalue weighted by atomic mass is 10.2. The highest BCUT2D eigenvalue weighted by Crippen LogP contribution is 2.23. The Hall–Kier alpha value is -2.80. The summed E-state index contributed by atoms with van der Waals surface area (Å²) in [6, 6.07) is 10.5. The summed E-state index contributed by atoms with van der Waals surface area (Å²) in [4.78, 5) is 11.1. The Bertz CT molecular complexity index is 882. The van der Waals surface area contributed by atoms with E-state index in [9.17, 15) is 18.3 Å². The van der Waals surface area contributed by atoms with Crippen molar-refractivity contribution in [2.75, 3.05) is 12.4 Å². The summed E-state index contributed by atoms with van der Waals surface area (Å²) in [6.45, 7) is 1.98. The van der Waals surface area contributed by atoms with Crippen LogP contribution in [0.1, 0.15) is 15.9 Å². The van der Waals surface area contributed by atoms with Gasteiger partial charge in [0.15, 0.2) is 9.84 Å². The van der Waals surface area contributed by atoms with Gasteiger partial charge in [-0.15, -0.1) is 0 Å². The second kappa shape index (κ2) is 7.85. The molecule has 0 spiro atoms. The number of carboxylic acids is 1. The number of hydrogen-bond donors (Lipinski definition) is 2. The maximum absolute atomic E-state index is 12.1. The summed E-state index contributed by atoms with van der Waals surface area (Å²) in [5.74, 6) is -1.49. The molecule has 0 aliphatic heterocycles. The molecule has 0 heterocycles. The van der Waals surface area contributed by atoms with E-state index in [4.69, 9.17) is 9.84 Å². The molecular formula is C18H18O6S. The van der Waals surface area contributed by atoms with E-state index < -0.39 is 21.6 Å². The van der Waals surface area contributed by atoms with Gasteiger partial charge in [0.1, 0.15) is 23.7 Å². The summed E-state index contributed by atoms with van der Waals surface area (Å²) in [5.41, 5.74) is 0.771. The van der Waals surface area contributed by atoms with Crippen LogP contribution in [0.3, 0.4) is 0 Å². The third kappa shape index (κ3) is 5.09.